The maximum atomic E-state index is 15.0. The van der Waals surface area contributed by atoms with Crippen LogP contribution in [0.2, 0.25) is 0 Å². The molecule has 0 saturated heterocycles. The summed E-state index contributed by atoms with van der Waals surface area (Å²) in [7, 11) is -2.78. The lowest BCUT2D eigenvalue weighted by Crippen LogP contribution is -2.58. The van der Waals surface area contributed by atoms with Crippen LogP contribution in [0.4, 0.5) is 9.18 Å². The Morgan fingerprint density at radius 2 is 1.81 bits per heavy atom. The molecule has 196 valence electrons. The van der Waals surface area contributed by atoms with Gasteiger partial charge in [0.05, 0.1) is 12.4 Å². The van der Waals surface area contributed by atoms with Gasteiger partial charge in [-0.05, 0) is 45.2 Å². The summed E-state index contributed by atoms with van der Waals surface area (Å²) in [4.78, 5) is 17.2. The number of hydrazine groups is 1. The molecule has 1 heterocycles. The van der Waals surface area contributed by atoms with E-state index in [1.54, 1.807) is 26.8 Å². The van der Waals surface area contributed by atoms with Crippen molar-refractivity contribution in [2.75, 3.05) is 19.4 Å². The van der Waals surface area contributed by atoms with Crippen molar-refractivity contribution in [1.29, 1.82) is 0 Å². The summed E-state index contributed by atoms with van der Waals surface area (Å²) in [5, 5.41) is 0.545. The number of guanidine groups is 1. The number of carbonyl (C=O) groups is 1. The van der Waals surface area contributed by atoms with Crippen LogP contribution in [0.3, 0.4) is 0 Å². The van der Waals surface area contributed by atoms with Gasteiger partial charge in [0.1, 0.15) is 17.0 Å². The third kappa shape index (κ3) is 6.59. The van der Waals surface area contributed by atoms with Crippen molar-refractivity contribution in [2.45, 2.75) is 51.4 Å². The highest BCUT2D eigenvalue weighted by Crippen LogP contribution is 2.38. The SMILES string of the molecule is CN1C(N(N)C(=O)OC(C)(C)C)=NC(CCCOCc2ccccc2)(c2ccccc2F)CS1(=O)=O. The molecular weight excluding hydrogens is 487 g/mol. The van der Waals surface area contributed by atoms with Gasteiger partial charge in [0.15, 0.2) is 0 Å². The summed E-state index contributed by atoms with van der Waals surface area (Å²) < 4.78 is 53.4. The van der Waals surface area contributed by atoms with Crippen LogP contribution in [-0.4, -0.2) is 54.8 Å². The van der Waals surface area contributed by atoms with Crippen LogP contribution in [0.15, 0.2) is 59.6 Å². The molecule has 36 heavy (non-hydrogen) atoms. The highest BCUT2D eigenvalue weighted by molar-refractivity contribution is 7.89. The Morgan fingerprint density at radius 3 is 2.44 bits per heavy atom. The molecule has 0 aliphatic carbocycles. The summed E-state index contributed by atoms with van der Waals surface area (Å²) in [6.07, 6.45) is -0.464. The number of carbonyl (C=O) groups excluding carboxylic acids is 1. The van der Waals surface area contributed by atoms with E-state index in [4.69, 9.17) is 15.3 Å². The second-order valence-corrected chi connectivity index (χ2v) is 11.6. The first-order valence-corrected chi connectivity index (χ1v) is 13.2. The molecular formula is C25H33FN4O5S. The Kier molecular flexibility index (Phi) is 8.37. The third-order valence-electron chi connectivity index (χ3n) is 5.61. The van der Waals surface area contributed by atoms with Crippen LogP contribution in [0, 0.1) is 5.82 Å². The number of nitrogens with two attached hydrogens (primary N) is 1. The van der Waals surface area contributed by atoms with Gasteiger partial charge in [0, 0.05) is 19.2 Å². The second kappa shape index (κ2) is 10.9. The fourth-order valence-electron chi connectivity index (χ4n) is 3.89. The zero-order chi connectivity index (χ0) is 26.6. The number of rotatable bonds is 7. The molecule has 0 spiro atoms. The lowest BCUT2D eigenvalue weighted by molar-refractivity contribution is 0.0354. The van der Waals surface area contributed by atoms with E-state index in [0.29, 0.717) is 24.6 Å². The molecule has 1 atom stereocenters. The number of hydrogen-bond acceptors (Lipinski definition) is 7. The number of ether oxygens (including phenoxy) is 2. The van der Waals surface area contributed by atoms with E-state index < -0.39 is 38.8 Å². The molecule has 0 aromatic heterocycles. The summed E-state index contributed by atoms with van der Waals surface area (Å²) in [6.45, 7) is 5.64. The zero-order valence-corrected chi connectivity index (χ0v) is 21.8. The maximum absolute atomic E-state index is 15.0. The van der Waals surface area contributed by atoms with Crippen molar-refractivity contribution in [3.05, 3.63) is 71.5 Å². The van der Waals surface area contributed by atoms with E-state index in [2.05, 4.69) is 4.99 Å². The van der Waals surface area contributed by atoms with Gasteiger partial charge in [-0.1, -0.05) is 48.5 Å². The number of aliphatic imine (C=N–C) groups is 1. The van der Waals surface area contributed by atoms with Gasteiger partial charge in [0.2, 0.25) is 16.0 Å². The first-order valence-electron chi connectivity index (χ1n) is 11.6. The normalized spacial score (nSPS) is 19.5. The first-order chi connectivity index (χ1) is 16.8. The van der Waals surface area contributed by atoms with Gasteiger partial charge in [-0.3, -0.25) is 0 Å². The standard InChI is InChI=1S/C25H33FN4O5S/c1-24(2,3)35-23(31)30(27)22-28-25(18-36(32,33)29(22)4,20-13-8-9-14-21(20)26)15-10-16-34-17-19-11-6-5-7-12-19/h5-9,11-14H,10,15-18,27H2,1-4H3. The number of nitrogens with zero attached hydrogens (tertiary/aromatic N) is 3. The van der Waals surface area contributed by atoms with Crippen LogP contribution in [0.25, 0.3) is 0 Å². The molecule has 0 fully saturated rings. The van der Waals surface area contributed by atoms with Crippen LogP contribution in [0.1, 0.15) is 44.7 Å². The van der Waals surface area contributed by atoms with Crippen molar-refractivity contribution < 1.29 is 27.1 Å². The molecule has 1 unspecified atom stereocenters. The van der Waals surface area contributed by atoms with E-state index in [-0.39, 0.29) is 17.9 Å². The van der Waals surface area contributed by atoms with Crippen LogP contribution < -0.4 is 5.84 Å². The molecule has 11 heteroatoms. The van der Waals surface area contributed by atoms with E-state index in [1.807, 2.05) is 30.3 Å². The summed E-state index contributed by atoms with van der Waals surface area (Å²) in [5.41, 5.74) is -1.30. The second-order valence-electron chi connectivity index (χ2n) is 9.64. The highest BCUT2D eigenvalue weighted by atomic mass is 32.2. The van der Waals surface area contributed by atoms with E-state index >= 15 is 4.39 Å². The van der Waals surface area contributed by atoms with Gasteiger partial charge >= 0.3 is 6.09 Å². The predicted molar refractivity (Wildman–Crippen MR) is 135 cm³/mol. The van der Waals surface area contributed by atoms with Gasteiger partial charge in [-0.25, -0.2) is 32.7 Å². The quantitative estimate of drug-likeness (QED) is 0.257. The van der Waals surface area contributed by atoms with Gasteiger partial charge < -0.3 is 9.47 Å². The summed E-state index contributed by atoms with van der Waals surface area (Å²) in [5.74, 6) is 4.53. The van der Waals surface area contributed by atoms with Crippen LogP contribution in [-0.2, 0) is 31.6 Å². The monoisotopic (exact) mass is 520 g/mol. The topological polar surface area (TPSA) is 115 Å². The number of benzene rings is 2. The molecule has 2 aromatic rings. The van der Waals surface area contributed by atoms with Crippen molar-refractivity contribution in [3.8, 4) is 0 Å². The Morgan fingerprint density at radius 1 is 1.17 bits per heavy atom. The molecule has 0 saturated carbocycles. The number of sulfonamides is 1. The van der Waals surface area contributed by atoms with Crippen molar-refractivity contribution >= 4 is 22.1 Å². The van der Waals surface area contributed by atoms with Crippen molar-refractivity contribution in [3.63, 3.8) is 0 Å². The lowest BCUT2D eigenvalue weighted by atomic mass is 9.87. The average molecular weight is 521 g/mol. The minimum Gasteiger partial charge on any atom is -0.442 e. The largest absolute Gasteiger partial charge is 0.442 e. The molecule has 1 aliphatic rings. The summed E-state index contributed by atoms with van der Waals surface area (Å²) >= 11 is 0. The van der Waals surface area contributed by atoms with Gasteiger partial charge in [-0.15, -0.1) is 0 Å². The highest BCUT2D eigenvalue weighted by Gasteiger charge is 2.47. The van der Waals surface area contributed by atoms with E-state index in [0.717, 1.165) is 9.87 Å². The first kappa shape index (κ1) is 27.6. The Hall–Kier alpha value is -3.02. The van der Waals surface area contributed by atoms with Gasteiger partial charge in [0.25, 0.3) is 0 Å². The predicted octanol–water partition coefficient (Wildman–Crippen LogP) is 3.76. The van der Waals surface area contributed by atoms with Crippen molar-refractivity contribution in [1.82, 2.24) is 9.31 Å². The molecule has 0 bridgehead atoms. The van der Waals surface area contributed by atoms with E-state index in [9.17, 15) is 13.2 Å². The summed E-state index contributed by atoms with van der Waals surface area (Å²) in [6, 6.07) is 15.5. The van der Waals surface area contributed by atoms with Crippen LogP contribution in [0.5, 0.6) is 0 Å². The Balaban J connectivity index is 1.93. The molecule has 2 N–H and O–H groups in total. The van der Waals surface area contributed by atoms with Crippen molar-refractivity contribution in [2.24, 2.45) is 10.8 Å². The Bertz CT molecular complexity index is 1200. The smallest absolute Gasteiger partial charge is 0.431 e. The minimum absolute atomic E-state index is 0.0971. The molecule has 9 nitrogen and oxygen atoms in total. The lowest BCUT2D eigenvalue weighted by Gasteiger charge is -2.40. The maximum Gasteiger partial charge on any atom is 0.431 e. The molecule has 2 aromatic carbocycles. The molecule has 3 rings (SSSR count). The molecule has 1 aliphatic heterocycles. The third-order valence-corrected chi connectivity index (χ3v) is 7.45. The average Bonchev–Trinajstić information content (AvgIpc) is 2.80. The zero-order valence-electron chi connectivity index (χ0n) is 21.0. The fourth-order valence-corrected chi connectivity index (χ4v) is 5.42. The van der Waals surface area contributed by atoms with Gasteiger partial charge in [-0.2, -0.15) is 5.01 Å². The fraction of sp³-hybridized carbons (Fsp3) is 0.440. The molecule has 1 amide bonds. The number of amides is 1. The van der Waals surface area contributed by atoms with E-state index in [1.165, 1.54) is 25.2 Å². The van der Waals surface area contributed by atoms with Crippen LogP contribution >= 0.6 is 0 Å². The number of halogens is 1. The molecule has 0 radical (unpaired) electrons. The number of hydrogen-bond donors (Lipinski definition) is 1. The Labute approximate surface area is 211 Å². The minimum atomic E-state index is -4.03.